The maximum atomic E-state index is 12.4. The second kappa shape index (κ2) is 9.54. The highest BCUT2D eigenvalue weighted by Gasteiger charge is 2.29. The number of aliphatic carboxylic acids is 1. The van der Waals surface area contributed by atoms with Crippen LogP contribution in [0.4, 0.5) is 4.79 Å². The molecule has 3 aromatic carbocycles. The predicted molar refractivity (Wildman–Crippen MR) is 120 cm³/mol. The number of benzene rings is 3. The average Bonchev–Trinajstić information content (AvgIpc) is 3.11. The van der Waals surface area contributed by atoms with Crippen LogP contribution < -0.4 is 9.50 Å². The summed E-state index contributed by atoms with van der Waals surface area (Å²) in [5.41, 5.74) is 4.70. The van der Waals surface area contributed by atoms with Gasteiger partial charge in [0.1, 0.15) is 18.4 Å². The van der Waals surface area contributed by atoms with Crippen LogP contribution in [-0.2, 0) is 26.4 Å². The normalized spacial score (nSPS) is 13.4. The van der Waals surface area contributed by atoms with Crippen molar-refractivity contribution in [2.45, 2.75) is 18.4 Å². The predicted octanol–water partition coefficient (Wildman–Crippen LogP) is 3.06. The number of fused-ring (bicyclic) bond motifs is 3. The van der Waals surface area contributed by atoms with Gasteiger partial charge in [-0.15, -0.1) is 0 Å². The summed E-state index contributed by atoms with van der Waals surface area (Å²) in [6.45, 7) is 0.0436. The average molecular weight is 482 g/mol. The van der Waals surface area contributed by atoms with E-state index in [0.29, 0.717) is 5.56 Å². The smallest absolute Gasteiger partial charge is 0.407 e. The second-order valence-corrected chi connectivity index (χ2v) is 8.68. The van der Waals surface area contributed by atoms with Crippen LogP contribution in [-0.4, -0.2) is 42.8 Å². The molecule has 0 unspecified atom stereocenters. The van der Waals surface area contributed by atoms with E-state index in [1.165, 1.54) is 24.3 Å². The standard InChI is InChI=1S/C24H21NO8S/c26-23(27)22(13-15-9-11-16(12-10-15)33-34(29,30)31)25-24(28)32-14-21-19-7-3-1-5-17(19)18-6-2-4-8-20(18)21/h1-12,21-22H,13-14H2,(H,25,28)(H,26,27)(H,29,30,31)/p-1/t22-/m0/s1. The summed E-state index contributed by atoms with van der Waals surface area (Å²) in [7, 11) is -4.91. The van der Waals surface area contributed by atoms with Crippen LogP contribution in [0.1, 0.15) is 22.6 Å². The van der Waals surface area contributed by atoms with E-state index in [-0.39, 0.29) is 24.7 Å². The molecule has 1 aliphatic carbocycles. The quantitative estimate of drug-likeness (QED) is 0.368. The number of hydrogen-bond acceptors (Lipinski definition) is 7. The largest absolute Gasteiger partial charge is 0.716 e. The molecule has 3 aromatic rings. The van der Waals surface area contributed by atoms with Crippen LogP contribution in [0.5, 0.6) is 5.75 Å². The summed E-state index contributed by atoms with van der Waals surface area (Å²) in [5, 5.41) is 11.9. The number of carboxylic acids is 1. The Labute approximate surface area is 195 Å². The van der Waals surface area contributed by atoms with Crippen molar-refractivity contribution in [3.63, 3.8) is 0 Å². The van der Waals surface area contributed by atoms with Gasteiger partial charge in [-0.2, -0.15) is 0 Å². The van der Waals surface area contributed by atoms with Crippen molar-refractivity contribution < 1.29 is 36.6 Å². The molecular formula is C24H20NO8S-. The van der Waals surface area contributed by atoms with Gasteiger partial charge in [0.2, 0.25) is 0 Å². The molecule has 0 heterocycles. The van der Waals surface area contributed by atoms with Crippen molar-refractivity contribution in [2.75, 3.05) is 6.61 Å². The Hall–Kier alpha value is -3.89. The van der Waals surface area contributed by atoms with Crippen molar-refractivity contribution in [3.05, 3.63) is 89.5 Å². The van der Waals surface area contributed by atoms with Crippen LogP contribution in [0, 0.1) is 0 Å². The molecule has 10 heteroatoms. The molecule has 0 aliphatic heterocycles. The van der Waals surface area contributed by atoms with Crippen LogP contribution in [0.3, 0.4) is 0 Å². The van der Waals surface area contributed by atoms with Crippen LogP contribution in [0.2, 0.25) is 0 Å². The summed E-state index contributed by atoms with van der Waals surface area (Å²) in [5.74, 6) is -1.63. The minimum absolute atomic E-state index is 0.0436. The molecule has 0 bridgehead atoms. The third kappa shape index (κ3) is 5.36. The van der Waals surface area contributed by atoms with Gasteiger partial charge in [0.05, 0.1) is 0 Å². The van der Waals surface area contributed by atoms with Crippen molar-refractivity contribution in [1.29, 1.82) is 0 Å². The first-order valence-corrected chi connectivity index (χ1v) is 11.6. The van der Waals surface area contributed by atoms with Gasteiger partial charge in [-0.3, -0.25) is 0 Å². The summed E-state index contributed by atoms with van der Waals surface area (Å²) in [6.07, 6.45) is -0.962. The fraction of sp³-hybridized carbons (Fsp3) is 0.167. The number of amides is 1. The van der Waals surface area contributed by atoms with Gasteiger partial charge >= 0.3 is 12.1 Å². The second-order valence-electron chi connectivity index (χ2n) is 7.70. The van der Waals surface area contributed by atoms with Crippen LogP contribution in [0.25, 0.3) is 11.1 Å². The van der Waals surface area contributed by atoms with E-state index in [4.69, 9.17) is 4.74 Å². The number of alkyl carbamates (subject to hydrolysis) is 1. The Kier molecular flexibility index (Phi) is 6.53. The van der Waals surface area contributed by atoms with Gasteiger partial charge in [0.25, 0.3) is 10.4 Å². The fourth-order valence-electron chi connectivity index (χ4n) is 4.02. The maximum Gasteiger partial charge on any atom is 0.407 e. The Bertz CT molecular complexity index is 1280. The lowest BCUT2D eigenvalue weighted by Gasteiger charge is -2.18. The number of rotatable bonds is 8. The Morgan fingerprint density at radius 1 is 0.941 bits per heavy atom. The highest BCUT2D eigenvalue weighted by molar-refractivity contribution is 7.81. The van der Waals surface area contributed by atoms with Crippen LogP contribution >= 0.6 is 0 Å². The topological polar surface area (TPSA) is 142 Å². The minimum atomic E-state index is -4.91. The summed E-state index contributed by atoms with van der Waals surface area (Å²) < 4.78 is 41.6. The number of hydrogen-bond donors (Lipinski definition) is 2. The van der Waals surface area contributed by atoms with E-state index in [0.717, 1.165) is 22.3 Å². The maximum absolute atomic E-state index is 12.4. The lowest BCUT2D eigenvalue weighted by atomic mass is 9.98. The highest BCUT2D eigenvalue weighted by atomic mass is 32.3. The molecule has 9 nitrogen and oxygen atoms in total. The molecule has 34 heavy (non-hydrogen) atoms. The fourth-order valence-corrected chi connectivity index (χ4v) is 4.36. The molecule has 0 fully saturated rings. The Balaban J connectivity index is 1.39. The number of carbonyl (C=O) groups excluding carboxylic acids is 1. The van der Waals surface area contributed by atoms with Crippen molar-refractivity contribution in [1.82, 2.24) is 5.32 Å². The molecule has 0 saturated heterocycles. The van der Waals surface area contributed by atoms with E-state index in [2.05, 4.69) is 9.50 Å². The number of carboxylic acid groups (broad SMARTS) is 1. The zero-order chi connectivity index (χ0) is 24.3. The highest BCUT2D eigenvalue weighted by Crippen LogP contribution is 2.44. The molecule has 0 spiro atoms. The van der Waals surface area contributed by atoms with Gasteiger partial charge in [-0.25, -0.2) is 18.0 Å². The van der Waals surface area contributed by atoms with Gasteiger partial charge < -0.3 is 23.9 Å². The first-order chi connectivity index (χ1) is 16.2. The lowest BCUT2D eigenvalue weighted by Crippen LogP contribution is -2.42. The zero-order valence-corrected chi connectivity index (χ0v) is 18.5. The molecule has 176 valence electrons. The lowest BCUT2D eigenvalue weighted by molar-refractivity contribution is -0.139. The van der Waals surface area contributed by atoms with Crippen LogP contribution in [0.15, 0.2) is 72.8 Å². The zero-order valence-electron chi connectivity index (χ0n) is 17.7. The SMILES string of the molecule is O=C(N[C@@H](Cc1ccc(OS(=O)(=O)[O-])cc1)C(=O)O)OCC1c2ccccc2-c2ccccc21. The first kappa shape index (κ1) is 23.3. The van der Waals surface area contributed by atoms with E-state index in [9.17, 15) is 27.7 Å². The number of nitrogens with one attached hydrogen (secondary N) is 1. The van der Waals surface area contributed by atoms with Gasteiger partial charge in [0.15, 0.2) is 0 Å². The summed E-state index contributed by atoms with van der Waals surface area (Å²) in [4.78, 5) is 24.1. The molecule has 4 rings (SSSR count). The Morgan fingerprint density at radius 3 is 2.03 bits per heavy atom. The summed E-state index contributed by atoms with van der Waals surface area (Å²) in [6, 6.07) is 19.7. The van der Waals surface area contributed by atoms with Gasteiger partial charge in [-0.1, -0.05) is 60.7 Å². The van der Waals surface area contributed by atoms with Gasteiger partial charge in [-0.05, 0) is 39.9 Å². The van der Waals surface area contributed by atoms with Crippen molar-refractivity contribution in [2.24, 2.45) is 0 Å². The molecule has 2 N–H and O–H groups in total. The third-order valence-electron chi connectivity index (χ3n) is 5.50. The van der Waals surface area contributed by atoms with Crippen molar-refractivity contribution in [3.8, 4) is 16.9 Å². The Morgan fingerprint density at radius 2 is 1.50 bits per heavy atom. The number of carbonyl (C=O) groups is 2. The molecular weight excluding hydrogens is 462 g/mol. The minimum Gasteiger partial charge on any atom is -0.716 e. The van der Waals surface area contributed by atoms with Gasteiger partial charge in [0, 0.05) is 12.3 Å². The van der Waals surface area contributed by atoms with Crippen molar-refractivity contribution >= 4 is 22.5 Å². The molecule has 1 aliphatic rings. The van der Waals surface area contributed by atoms with E-state index in [1.54, 1.807) is 0 Å². The van der Waals surface area contributed by atoms with E-state index >= 15 is 0 Å². The first-order valence-electron chi connectivity index (χ1n) is 10.3. The molecule has 0 saturated carbocycles. The molecule has 1 amide bonds. The molecule has 0 radical (unpaired) electrons. The van der Waals surface area contributed by atoms with E-state index in [1.807, 2.05) is 48.5 Å². The summed E-state index contributed by atoms with van der Waals surface area (Å²) >= 11 is 0. The monoisotopic (exact) mass is 482 g/mol. The number of ether oxygens (including phenoxy) is 1. The molecule has 1 atom stereocenters. The van der Waals surface area contributed by atoms with E-state index < -0.39 is 28.5 Å². The molecule has 0 aromatic heterocycles. The third-order valence-corrected chi connectivity index (χ3v) is 5.89.